The molecule has 1 unspecified atom stereocenters. The third-order valence-electron chi connectivity index (χ3n) is 8.54. The van der Waals surface area contributed by atoms with E-state index >= 15 is 0 Å². The number of hydrogen-bond donors (Lipinski definition) is 2. The second-order valence-electron chi connectivity index (χ2n) is 14.0. The fourth-order valence-corrected chi connectivity index (χ4v) is 5.44. The van der Waals surface area contributed by atoms with Gasteiger partial charge >= 0.3 is 11.9 Å². The van der Waals surface area contributed by atoms with E-state index in [0.29, 0.717) is 19.3 Å². The minimum Gasteiger partial charge on any atom is -0.462 e. The molecule has 0 saturated carbocycles. The van der Waals surface area contributed by atoms with Crippen LogP contribution in [-0.4, -0.2) is 47.6 Å². The van der Waals surface area contributed by atoms with Crippen LogP contribution in [0.5, 0.6) is 0 Å². The molecule has 6 heteroatoms. The molecule has 0 aromatic carbocycles. The minimum absolute atomic E-state index is 0.112. The van der Waals surface area contributed by atoms with Crippen LogP contribution in [0.25, 0.3) is 0 Å². The zero-order valence-corrected chi connectivity index (χ0v) is 32.9. The Bertz CT molecular complexity index is 973. The van der Waals surface area contributed by atoms with Crippen molar-refractivity contribution in [2.75, 3.05) is 13.2 Å². The van der Waals surface area contributed by atoms with Gasteiger partial charge in [-0.05, 0) is 50.9 Å². The number of aliphatic hydroxyl groups is 2. The summed E-state index contributed by atoms with van der Waals surface area (Å²) in [6, 6.07) is 0. The molecule has 292 valence electrons. The fourth-order valence-electron chi connectivity index (χ4n) is 5.44. The molecular formula is C45H76O6. The van der Waals surface area contributed by atoms with Gasteiger partial charge in [0, 0.05) is 12.8 Å². The van der Waals surface area contributed by atoms with E-state index in [-0.39, 0.29) is 25.6 Å². The highest BCUT2D eigenvalue weighted by atomic mass is 16.6. The third-order valence-corrected chi connectivity index (χ3v) is 8.54. The average Bonchev–Trinajstić information content (AvgIpc) is 3.11. The molecule has 51 heavy (non-hydrogen) atoms. The van der Waals surface area contributed by atoms with E-state index in [1.165, 1.54) is 77.0 Å². The first-order valence-electron chi connectivity index (χ1n) is 20.5. The summed E-state index contributed by atoms with van der Waals surface area (Å²) in [6.45, 7) is 6.24. The van der Waals surface area contributed by atoms with Crippen molar-refractivity contribution >= 4 is 11.9 Å². The predicted octanol–water partition coefficient (Wildman–Crippen LogP) is 11.8. The molecule has 0 saturated heterocycles. The van der Waals surface area contributed by atoms with Gasteiger partial charge in [-0.3, -0.25) is 9.59 Å². The Hall–Kier alpha value is -2.70. The summed E-state index contributed by atoms with van der Waals surface area (Å²) in [4.78, 5) is 24.3. The molecule has 0 aliphatic carbocycles. The van der Waals surface area contributed by atoms with Gasteiger partial charge in [0.25, 0.3) is 0 Å². The summed E-state index contributed by atoms with van der Waals surface area (Å²) in [6.07, 6.45) is 47.2. The molecule has 6 nitrogen and oxygen atoms in total. The summed E-state index contributed by atoms with van der Waals surface area (Å²) >= 11 is 0. The van der Waals surface area contributed by atoms with Crippen LogP contribution >= 0.6 is 0 Å². The number of allylic oxidation sites excluding steroid dienone is 10. The molecule has 0 heterocycles. The van der Waals surface area contributed by atoms with E-state index < -0.39 is 18.2 Å². The van der Waals surface area contributed by atoms with E-state index in [1.54, 1.807) is 6.08 Å². The van der Waals surface area contributed by atoms with Gasteiger partial charge < -0.3 is 19.7 Å². The number of carbonyl (C=O) groups excluding carboxylic acids is 2. The molecule has 0 rings (SSSR count). The van der Waals surface area contributed by atoms with Gasteiger partial charge in [-0.15, -0.1) is 0 Å². The number of ether oxygens (including phenoxy) is 2. The Kier molecular flexibility index (Phi) is 36.5. The van der Waals surface area contributed by atoms with Crippen LogP contribution in [0.2, 0.25) is 0 Å². The largest absolute Gasteiger partial charge is 0.462 e. The van der Waals surface area contributed by atoms with Gasteiger partial charge in [0.05, 0.1) is 12.7 Å². The van der Waals surface area contributed by atoms with Crippen molar-refractivity contribution < 1.29 is 29.3 Å². The van der Waals surface area contributed by atoms with Gasteiger partial charge in [0.15, 0.2) is 6.10 Å². The summed E-state index contributed by atoms with van der Waals surface area (Å²) in [7, 11) is 0. The maximum absolute atomic E-state index is 12.1. The molecule has 0 spiro atoms. The van der Waals surface area contributed by atoms with Crippen molar-refractivity contribution in [3.8, 4) is 0 Å². The van der Waals surface area contributed by atoms with E-state index in [4.69, 9.17) is 9.47 Å². The Balaban J connectivity index is 3.75. The van der Waals surface area contributed by atoms with E-state index in [1.807, 2.05) is 36.5 Å². The van der Waals surface area contributed by atoms with Crippen LogP contribution in [0.1, 0.15) is 168 Å². The van der Waals surface area contributed by atoms with E-state index in [2.05, 4.69) is 51.2 Å². The maximum atomic E-state index is 12.1. The van der Waals surface area contributed by atoms with Crippen LogP contribution < -0.4 is 0 Å². The Morgan fingerprint density at radius 1 is 0.608 bits per heavy atom. The molecule has 0 bridgehead atoms. The normalized spacial score (nSPS) is 13.7. The summed E-state index contributed by atoms with van der Waals surface area (Å²) in [5.41, 5.74) is 0. The molecule has 0 radical (unpaired) electrons. The lowest BCUT2D eigenvalue weighted by Gasteiger charge is -2.15. The first-order valence-corrected chi connectivity index (χ1v) is 20.5. The monoisotopic (exact) mass is 713 g/mol. The number of aliphatic hydroxyl groups excluding tert-OH is 2. The van der Waals surface area contributed by atoms with Gasteiger partial charge in [-0.25, -0.2) is 0 Å². The first kappa shape index (κ1) is 48.3. The van der Waals surface area contributed by atoms with Crippen molar-refractivity contribution in [3.63, 3.8) is 0 Å². The van der Waals surface area contributed by atoms with Gasteiger partial charge in [0.2, 0.25) is 0 Å². The van der Waals surface area contributed by atoms with Crippen molar-refractivity contribution in [3.05, 3.63) is 72.9 Å². The summed E-state index contributed by atoms with van der Waals surface area (Å²) in [5, 5.41) is 19.5. The second kappa shape index (κ2) is 38.5. The van der Waals surface area contributed by atoms with Crippen LogP contribution in [0.3, 0.4) is 0 Å². The molecule has 2 N–H and O–H groups in total. The molecule has 0 aromatic heterocycles. The Morgan fingerprint density at radius 2 is 1.14 bits per heavy atom. The van der Waals surface area contributed by atoms with Crippen LogP contribution in [0, 0.1) is 5.92 Å². The molecule has 0 amide bonds. The number of unbranched alkanes of at least 4 members (excludes halogenated alkanes) is 13. The topological polar surface area (TPSA) is 93.1 Å². The maximum Gasteiger partial charge on any atom is 0.306 e. The zero-order chi connectivity index (χ0) is 37.5. The standard InChI is InChI=1S/C45H76O6/c1-4-5-6-7-25-30-35-42(47)36-31-26-21-17-14-15-19-23-28-33-38-45(49)51-43(39-46)40-50-44(48)37-32-27-22-18-13-11-9-8-10-12-16-20-24-29-34-41(2)3/h5-6,14-15,21,23,25-26,28,30-31,36,41-43,46-47H,4,7-13,16-20,22,24,27,29,32-35,37-40H2,1-3H3/b6-5-,15-14-,26-21-,28-23-,30-25-,36-31+/t42?,43-/m0/s1. The average molecular weight is 713 g/mol. The lowest BCUT2D eigenvalue weighted by molar-refractivity contribution is -0.161. The smallest absolute Gasteiger partial charge is 0.306 e. The minimum atomic E-state index is -0.830. The third kappa shape index (κ3) is 38.4. The fraction of sp³-hybridized carbons (Fsp3) is 0.689. The quantitative estimate of drug-likeness (QED) is 0.0294. The number of rotatable bonds is 35. The van der Waals surface area contributed by atoms with Crippen molar-refractivity contribution in [2.24, 2.45) is 5.92 Å². The Morgan fingerprint density at radius 3 is 1.73 bits per heavy atom. The van der Waals surface area contributed by atoms with Crippen LogP contribution in [0.15, 0.2) is 72.9 Å². The highest BCUT2D eigenvalue weighted by Crippen LogP contribution is 2.15. The van der Waals surface area contributed by atoms with E-state index in [0.717, 1.165) is 50.9 Å². The SMILES string of the molecule is CC/C=C\C/C=C\CC(O)/C=C/C=C\C/C=C\C/C=C\CCC(=O)O[C@@H](CO)COC(=O)CCCCCCCCCCCCCCCCC(C)C. The Labute approximate surface area is 313 Å². The predicted molar refractivity (Wildman–Crippen MR) is 215 cm³/mol. The lowest BCUT2D eigenvalue weighted by Crippen LogP contribution is -2.28. The molecule has 2 atom stereocenters. The molecule has 0 aliphatic heterocycles. The van der Waals surface area contributed by atoms with Crippen molar-refractivity contribution in [2.45, 2.75) is 181 Å². The zero-order valence-electron chi connectivity index (χ0n) is 32.9. The highest BCUT2D eigenvalue weighted by Gasteiger charge is 2.15. The molecule has 0 aromatic rings. The molecular weight excluding hydrogens is 636 g/mol. The van der Waals surface area contributed by atoms with E-state index in [9.17, 15) is 19.8 Å². The first-order chi connectivity index (χ1) is 24.9. The highest BCUT2D eigenvalue weighted by molar-refractivity contribution is 5.70. The van der Waals surface area contributed by atoms with Gasteiger partial charge in [-0.1, -0.05) is 184 Å². The van der Waals surface area contributed by atoms with Crippen molar-refractivity contribution in [1.29, 1.82) is 0 Å². The number of carbonyl (C=O) groups is 2. The summed E-state index contributed by atoms with van der Waals surface area (Å²) < 4.78 is 10.5. The number of hydrogen-bond acceptors (Lipinski definition) is 6. The molecule has 0 fully saturated rings. The van der Waals surface area contributed by atoms with Crippen LogP contribution in [0.4, 0.5) is 0 Å². The molecule has 0 aliphatic rings. The van der Waals surface area contributed by atoms with Crippen molar-refractivity contribution in [1.82, 2.24) is 0 Å². The van der Waals surface area contributed by atoms with Gasteiger partial charge in [0.1, 0.15) is 6.61 Å². The van der Waals surface area contributed by atoms with Gasteiger partial charge in [-0.2, -0.15) is 0 Å². The number of esters is 2. The lowest BCUT2D eigenvalue weighted by atomic mass is 10.0. The van der Waals surface area contributed by atoms with Crippen LogP contribution in [-0.2, 0) is 19.1 Å². The second-order valence-corrected chi connectivity index (χ2v) is 14.0. The summed E-state index contributed by atoms with van der Waals surface area (Å²) in [5.74, 6) is 0.122.